The van der Waals surface area contributed by atoms with Crippen LogP contribution in [0.1, 0.15) is 46.0 Å². The minimum Gasteiger partial charge on any atom is -0.375 e. The molecule has 1 aliphatic carbocycles. The van der Waals surface area contributed by atoms with Crippen LogP contribution in [0.5, 0.6) is 0 Å². The Bertz CT molecular complexity index is 189. The highest BCUT2D eigenvalue weighted by Crippen LogP contribution is 2.42. The Labute approximate surface area is 87.2 Å². The van der Waals surface area contributed by atoms with E-state index in [0.717, 1.165) is 31.3 Å². The summed E-state index contributed by atoms with van der Waals surface area (Å²) in [6, 6.07) is 0.376. The van der Waals surface area contributed by atoms with Gasteiger partial charge < -0.3 is 10.5 Å². The maximum Gasteiger partial charge on any atom is 0.0702 e. The molecule has 0 aromatic heterocycles. The fourth-order valence-corrected chi connectivity index (χ4v) is 3.56. The molecule has 2 fully saturated rings. The van der Waals surface area contributed by atoms with Gasteiger partial charge in [-0.15, -0.1) is 0 Å². The summed E-state index contributed by atoms with van der Waals surface area (Å²) >= 11 is 0. The first kappa shape index (κ1) is 10.4. The highest BCUT2D eigenvalue weighted by atomic mass is 16.5. The van der Waals surface area contributed by atoms with Crippen LogP contribution >= 0.6 is 0 Å². The maximum atomic E-state index is 6.05. The molecule has 1 aliphatic heterocycles. The van der Waals surface area contributed by atoms with E-state index in [1.165, 1.54) is 19.3 Å². The molecule has 0 bridgehead atoms. The van der Waals surface area contributed by atoms with Crippen molar-refractivity contribution < 1.29 is 4.74 Å². The van der Waals surface area contributed by atoms with Crippen molar-refractivity contribution >= 4 is 0 Å². The number of ether oxygens (including phenoxy) is 1. The van der Waals surface area contributed by atoms with Crippen LogP contribution in [-0.4, -0.2) is 18.2 Å². The van der Waals surface area contributed by atoms with Gasteiger partial charge in [-0.25, -0.2) is 0 Å². The van der Waals surface area contributed by atoms with E-state index in [-0.39, 0.29) is 5.60 Å². The highest BCUT2D eigenvalue weighted by Gasteiger charge is 2.41. The minimum atomic E-state index is 0.148. The van der Waals surface area contributed by atoms with Crippen LogP contribution in [0.3, 0.4) is 0 Å². The molecular formula is C12H23NO. The third kappa shape index (κ3) is 2.12. The Hall–Kier alpha value is -0.0800. The first-order valence-electron chi connectivity index (χ1n) is 5.99. The number of hydrogen-bond acceptors (Lipinski definition) is 2. The normalized spacial score (nSPS) is 49.5. The van der Waals surface area contributed by atoms with Crippen molar-refractivity contribution in [2.75, 3.05) is 6.61 Å². The molecule has 0 aromatic rings. The van der Waals surface area contributed by atoms with Gasteiger partial charge in [0.1, 0.15) is 0 Å². The van der Waals surface area contributed by atoms with Gasteiger partial charge in [0.2, 0.25) is 0 Å². The first-order valence-corrected chi connectivity index (χ1v) is 5.99. The van der Waals surface area contributed by atoms with E-state index in [1.54, 1.807) is 0 Å². The summed E-state index contributed by atoms with van der Waals surface area (Å²) < 4.78 is 6.04. The molecule has 3 unspecified atom stereocenters. The van der Waals surface area contributed by atoms with Crippen LogP contribution in [-0.2, 0) is 4.74 Å². The molecule has 2 N–H and O–H groups in total. The van der Waals surface area contributed by atoms with Gasteiger partial charge in [0.25, 0.3) is 0 Å². The van der Waals surface area contributed by atoms with E-state index >= 15 is 0 Å². The molecule has 1 saturated carbocycles. The van der Waals surface area contributed by atoms with Gasteiger partial charge in [0.15, 0.2) is 0 Å². The molecule has 14 heavy (non-hydrogen) atoms. The Kier molecular flexibility index (Phi) is 2.85. The van der Waals surface area contributed by atoms with Crippen molar-refractivity contribution in [2.45, 2.75) is 57.6 Å². The lowest BCUT2D eigenvalue weighted by atomic mass is 9.70. The van der Waals surface area contributed by atoms with Gasteiger partial charge in [-0.3, -0.25) is 0 Å². The van der Waals surface area contributed by atoms with Gasteiger partial charge in [-0.1, -0.05) is 13.8 Å². The molecule has 82 valence electrons. The van der Waals surface area contributed by atoms with Gasteiger partial charge in [0.05, 0.1) is 5.60 Å². The molecule has 3 atom stereocenters. The topological polar surface area (TPSA) is 35.2 Å². The summed E-state index contributed by atoms with van der Waals surface area (Å²) in [6.07, 6.45) is 5.95. The van der Waals surface area contributed by atoms with Crippen molar-refractivity contribution in [3.05, 3.63) is 0 Å². The second kappa shape index (κ2) is 3.82. The van der Waals surface area contributed by atoms with Crippen molar-refractivity contribution in [3.8, 4) is 0 Å². The first-order chi connectivity index (χ1) is 6.60. The summed E-state index contributed by atoms with van der Waals surface area (Å²) in [5.41, 5.74) is 6.20. The molecule has 1 saturated heterocycles. The molecule has 0 aromatic carbocycles. The Morgan fingerprint density at radius 1 is 1.14 bits per heavy atom. The average Bonchev–Trinajstić information content (AvgIpc) is 1.99. The van der Waals surface area contributed by atoms with Crippen LogP contribution in [0, 0.1) is 11.8 Å². The summed E-state index contributed by atoms with van der Waals surface area (Å²) in [6.45, 7) is 5.57. The van der Waals surface area contributed by atoms with E-state index < -0.39 is 0 Å². The molecule has 2 rings (SSSR count). The van der Waals surface area contributed by atoms with Crippen molar-refractivity contribution in [1.82, 2.24) is 0 Å². The SMILES string of the molecule is CC1CC(C)CC2(C1)CC(N)CCO2. The van der Waals surface area contributed by atoms with E-state index in [1.807, 2.05) is 0 Å². The lowest BCUT2D eigenvalue weighted by Gasteiger charge is -2.46. The highest BCUT2D eigenvalue weighted by molar-refractivity contribution is 4.94. The molecule has 2 nitrogen and oxygen atoms in total. The van der Waals surface area contributed by atoms with Crippen LogP contribution in [0.15, 0.2) is 0 Å². The monoisotopic (exact) mass is 197 g/mol. The third-order valence-corrected chi connectivity index (χ3v) is 3.78. The molecule has 1 heterocycles. The number of nitrogens with two attached hydrogens (primary N) is 1. The van der Waals surface area contributed by atoms with E-state index in [0.29, 0.717) is 6.04 Å². The molecule has 2 aliphatic rings. The van der Waals surface area contributed by atoms with Crippen LogP contribution in [0.2, 0.25) is 0 Å². The van der Waals surface area contributed by atoms with Gasteiger partial charge in [0, 0.05) is 12.6 Å². The summed E-state index contributed by atoms with van der Waals surface area (Å²) in [5, 5.41) is 0. The zero-order chi connectivity index (χ0) is 10.2. The van der Waals surface area contributed by atoms with E-state index in [2.05, 4.69) is 13.8 Å². The van der Waals surface area contributed by atoms with E-state index in [9.17, 15) is 0 Å². The summed E-state index contributed by atoms with van der Waals surface area (Å²) in [7, 11) is 0. The van der Waals surface area contributed by atoms with Crippen molar-refractivity contribution in [1.29, 1.82) is 0 Å². The standard InChI is InChI=1S/C12H23NO/c1-9-5-10(2)7-12(6-9)8-11(13)3-4-14-12/h9-11H,3-8,13H2,1-2H3. The molecule has 0 radical (unpaired) electrons. The molecule has 2 heteroatoms. The molecular weight excluding hydrogens is 174 g/mol. The Morgan fingerprint density at radius 3 is 2.36 bits per heavy atom. The Morgan fingerprint density at radius 2 is 1.79 bits per heavy atom. The van der Waals surface area contributed by atoms with Crippen LogP contribution in [0.25, 0.3) is 0 Å². The predicted octanol–water partition coefficient (Wildman–Crippen LogP) is 2.32. The van der Waals surface area contributed by atoms with Gasteiger partial charge >= 0.3 is 0 Å². The average molecular weight is 197 g/mol. The molecule has 0 amide bonds. The summed E-state index contributed by atoms with van der Waals surface area (Å²) in [4.78, 5) is 0. The second-order valence-electron chi connectivity index (χ2n) is 5.64. The molecule has 1 spiro atoms. The zero-order valence-electron chi connectivity index (χ0n) is 9.46. The maximum absolute atomic E-state index is 6.05. The van der Waals surface area contributed by atoms with Crippen molar-refractivity contribution in [2.24, 2.45) is 17.6 Å². The number of rotatable bonds is 0. The summed E-state index contributed by atoms with van der Waals surface area (Å²) in [5.74, 6) is 1.62. The lowest BCUT2D eigenvalue weighted by molar-refractivity contribution is -0.124. The third-order valence-electron chi connectivity index (χ3n) is 3.78. The number of hydrogen-bond donors (Lipinski definition) is 1. The predicted molar refractivity (Wildman–Crippen MR) is 58.1 cm³/mol. The second-order valence-corrected chi connectivity index (χ2v) is 5.64. The van der Waals surface area contributed by atoms with Gasteiger partial charge in [-0.2, -0.15) is 0 Å². The van der Waals surface area contributed by atoms with Crippen LogP contribution in [0.4, 0.5) is 0 Å². The smallest absolute Gasteiger partial charge is 0.0702 e. The Balaban J connectivity index is 2.05. The van der Waals surface area contributed by atoms with Gasteiger partial charge in [-0.05, 0) is 43.9 Å². The fraction of sp³-hybridized carbons (Fsp3) is 1.00. The lowest BCUT2D eigenvalue weighted by Crippen LogP contribution is -2.49. The zero-order valence-corrected chi connectivity index (χ0v) is 9.46. The van der Waals surface area contributed by atoms with E-state index in [4.69, 9.17) is 10.5 Å². The quantitative estimate of drug-likeness (QED) is 0.647. The van der Waals surface area contributed by atoms with Crippen molar-refractivity contribution in [3.63, 3.8) is 0 Å². The largest absolute Gasteiger partial charge is 0.375 e. The minimum absolute atomic E-state index is 0.148. The fourth-order valence-electron chi connectivity index (χ4n) is 3.56. The van der Waals surface area contributed by atoms with Crippen LogP contribution < -0.4 is 5.73 Å².